The van der Waals surface area contributed by atoms with Crippen LogP contribution in [0.5, 0.6) is 5.75 Å². The molecule has 0 aliphatic carbocycles. The first-order chi connectivity index (χ1) is 15.7. The van der Waals surface area contributed by atoms with Crippen LogP contribution in [0.25, 0.3) is 11.0 Å². The molecule has 0 atom stereocenters. The van der Waals surface area contributed by atoms with Crippen LogP contribution < -0.4 is 15.6 Å². The van der Waals surface area contributed by atoms with E-state index in [0.29, 0.717) is 36.5 Å². The largest absolute Gasteiger partial charge is 0.492 e. The summed E-state index contributed by atoms with van der Waals surface area (Å²) < 4.78 is 35.5. The quantitative estimate of drug-likeness (QED) is 0.470. The van der Waals surface area contributed by atoms with Gasteiger partial charge in [0.15, 0.2) is 5.65 Å². The van der Waals surface area contributed by atoms with Crippen LogP contribution >= 0.6 is 0 Å². The van der Waals surface area contributed by atoms with Gasteiger partial charge in [-0.25, -0.2) is 13.4 Å². The van der Waals surface area contributed by atoms with Gasteiger partial charge in [0, 0.05) is 33.1 Å². The molecule has 11 nitrogen and oxygen atoms in total. The molecule has 2 heterocycles. The molecule has 0 unspecified atom stereocenters. The predicted octanol–water partition coefficient (Wildman–Crippen LogP) is 1.59. The van der Waals surface area contributed by atoms with Crippen LogP contribution in [0.15, 0.2) is 40.4 Å². The lowest BCUT2D eigenvalue weighted by atomic mass is 10.2. The van der Waals surface area contributed by atoms with Crippen LogP contribution in [0.1, 0.15) is 27.2 Å². The Balaban J connectivity index is 1.80. The summed E-state index contributed by atoms with van der Waals surface area (Å²) in [6.45, 7) is 6.42. The van der Waals surface area contributed by atoms with E-state index >= 15 is 0 Å². The maximum Gasteiger partial charge on any atom is 0.264 e. The first kappa shape index (κ1) is 24.4. The number of carbonyl (C=O) groups excluding carboxylic acids is 1. The van der Waals surface area contributed by atoms with Gasteiger partial charge < -0.3 is 10.1 Å². The first-order valence-corrected chi connectivity index (χ1v) is 12.1. The average Bonchev–Trinajstić information content (AvgIpc) is 3.16. The molecule has 1 amide bonds. The third-order valence-electron chi connectivity index (χ3n) is 5.17. The molecule has 3 rings (SSSR count). The predicted molar refractivity (Wildman–Crippen MR) is 124 cm³/mol. The third-order valence-corrected chi connectivity index (χ3v) is 7.21. The lowest BCUT2D eigenvalue weighted by Gasteiger charge is -2.20. The van der Waals surface area contributed by atoms with E-state index in [1.165, 1.54) is 44.3 Å². The minimum Gasteiger partial charge on any atom is -0.492 e. The molecule has 1 aromatic carbocycles. The van der Waals surface area contributed by atoms with Crippen molar-refractivity contribution in [3.05, 3.63) is 41.1 Å². The Morgan fingerprint density at radius 1 is 1.21 bits per heavy atom. The highest BCUT2D eigenvalue weighted by molar-refractivity contribution is 7.89. The number of fused-ring (bicyclic) bond motifs is 1. The number of nitrogens with one attached hydrogen (secondary N) is 1. The molecule has 0 spiro atoms. The third kappa shape index (κ3) is 5.06. The van der Waals surface area contributed by atoms with E-state index in [1.54, 1.807) is 27.8 Å². The molecule has 33 heavy (non-hydrogen) atoms. The summed E-state index contributed by atoms with van der Waals surface area (Å²) in [5.74, 6) is -0.0357. The van der Waals surface area contributed by atoms with Gasteiger partial charge in [0.25, 0.3) is 5.56 Å². The number of hydrogen-bond acceptors (Lipinski definition) is 7. The molecule has 3 aromatic rings. The highest BCUT2D eigenvalue weighted by atomic mass is 32.2. The summed E-state index contributed by atoms with van der Waals surface area (Å²) in [5, 5.41) is 7.11. The van der Waals surface area contributed by atoms with Gasteiger partial charge in [-0.05, 0) is 25.1 Å². The topological polar surface area (TPSA) is 128 Å². The molecule has 0 saturated carbocycles. The maximum absolute atomic E-state index is 12.9. The molecule has 0 aliphatic rings. The van der Waals surface area contributed by atoms with E-state index in [1.807, 2.05) is 0 Å². The van der Waals surface area contributed by atoms with Gasteiger partial charge in [0.1, 0.15) is 11.1 Å². The van der Waals surface area contributed by atoms with Gasteiger partial charge in [-0.2, -0.15) is 9.40 Å². The maximum atomic E-state index is 12.9. The van der Waals surface area contributed by atoms with Gasteiger partial charge in [0.2, 0.25) is 15.9 Å². The van der Waals surface area contributed by atoms with Gasteiger partial charge in [-0.3, -0.25) is 18.8 Å². The Bertz CT molecular complexity index is 1310. The number of amides is 1. The summed E-state index contributed by atoms with van der Waals surface area (Å²) in [5.41, 5.74) is 0.430. The fourth-order valence-corrected chi connectivity index (χ4v) is 4.91. The van der Waals surface area contributed by atoms with Crippen molar-refractivity contribution in [2.24, 2.45) is 7.05 Å². The highest BCUT2D eigenvalue weighted by Crippen LogP contribution is 2.29. The van der Waals surface area contributed by atoms with Crippen molar-refractivity contribution >= 4 is 32.7 Å². The second-order valence-corrected chi connectivity index (χ2v) is 9.16. The van der Waals surface area contributed by atoms with Crippen molar-refractivity contribution < 1.29 is 17.9 Å². The summed E-state index contributed by atoms with van der Waals surface area (Å²) in [6.07, 6.45) is 2.80. The molecule has 0 fully saturated rings. The van der Waals surface area contributed by atoms with Gasteiger partial charge in [-0.1, -0.05) is 13.8 Å². The second kappa shape index (κ2) is 10.1. The van der Waals surface area contributed by atoms with Crippen LogP contribution in [0.3, 0.4) is 0 Å². The standard InChI is InChI=1S/C21H28N6O5S/c1-5-27(6-2)33(30,31)15-8-9-18(32-7-3)17(12-15)24-19(28)10-11-26-14-22-20-16(21(26)29)13-23-25(20)4/h8-9,12-14H,5-7,10-11H2,1-4H3,(H,24,28). The smallest absolute Gasteiger partial charge is 0.264 e. The molecule has 0 aliphatic heterocycles. The zero-order valence-electron chi connectivity index (χ0n) is 19.1. The highest BCUT2D eigenvalue weighted by Gasteiger charge is 2.23. The van der Waals surface area contributed by atoms with Gasteiger partial charge in [0.05, 0.1) is 29.7 Å². The number of rotatable bonds is 10. The number of aryl methyl sites for hydroxylation is 2. The van der Waals surface area contributed by atoms with Crippen LogP contribution in [0.2, 0.25) is 0 Å². The molecule has 1 N–H and O–H groups in total. The summed E-state index contributed by atoms with van der Waals surface area (Å²) in [7, 11) is -2.01. The zero-order chi connectivity index (χ0) is 24.2. The molecular formula is C21H28N6O5S. The molecule has 2 aromatic heterocycles. The van der Waals surface area contributed by atoms with Gasteiger partial charge in [-0.15, -0.1) is 0 Å². The lowest BCUT2D eigenvalue weighted by Crippen LogP contribution is -2.30. The Labute approximate surface area is 192 Å². The number of benzene rings is 1. The number of carbonyl (C=O) groups is 1. The SMILES string of the molecule is CCOc1ccc(S(=O)(=O)N(CC)CC)cc1NC(=O)CCn1cnc2c(cnn2C)c1=O. The van der Waals surface area contributed by atoms with E-state index in [-0.39, 0.29) is 29.1 Å². The van der Waals surface area contributed by atoms with Gasteiger partial charge >= 0.3 is 0 Å². The van der Waals surface area contributed by atoms with E-state index in [2.05, 4.69) is 15.4 Å². The Morgan fingerprint density at radius 2 is 1.94 bits per heavy atom. The van der Waals surface area contributed by atoms with E-state index in [4.69, 9.17) is 4.74 Å². The van der Waals surface area contributed by atoms with Crippen molar-refractivity contribution in [1.82, 2.24) is 23.6 Å². The fourth-order valence-electron chi connectivity index (χ4n) is 3.42. The van der Waals surface area contributed by atoms with Crippen LogP contribution in [0.4, 0.5) is 5.69 Å². The minimum atomic E-state index is -3.71. The summed E-state index contributed by atoms with van der Waals surface area (Å²) >= 11 is 0. The van der Waals surface area contributed by atoms with Crippen molar-refractivity contribution in [3.63, 3.8) is 0 Å². The fraction of sp³-hybridized carbons (Fsp3) is 0.429. The van der Waals surface area contributed by atoms with E-state index < -0.39 is 15.9 Å². The average molecular weight is 477 g/mol. The van der Waals surface area contributed by atoms with Crippen molar-refractivity contribution in [2.45, 2.75) is 38.6 Å². The Hall–Kier alpha value is -3.25. The molecule has 0 saturated heterocycles. The van der Waals surface area contributed by atoms with Crippen molar-refractivity contribution in [3.8, 4) is 5.75 Å². The monoisotopic (exact) mass is 476 g/mol. The van der Waals surface area contributed by atoms with E-state index in [0.717, 1.165) is 0 Å². The number of ether oxygens (including phenoxy) is 1. The molecule has 178 valence electrons. The molecule has 0 bridgehead atoms. The van der Waals surface area contributed by atoms with Crippen LogP contribution in [-0.2, 0) is 28.4 Å². The lowest BCUT2D eigenvalue weighted by molar-refractivity contribution is -0.116. The number of aromatic nitrogens is 4. The Kier molecular flexibility index (Phi) is 7.49. The van der Waals surface area contributed by atoms with Crippen LogP contribution in [0, 0.1) is 0 Å². The second-order valence-electron chi connectivity index (χ2n) is 7.23. The minimum absolute atomic E-state index is 0.0219. The van der Waals surface area contributed by atoms with Crippen LogP contribution in [-0.4, -0.2) is 57.7 Å². The molecule has 12 heteroatoms. The number of hydrogen-bond donors (Lipinski definition) is 1. The molecule has 0 radical (unpaired) electrons. The van der Waals surface area contributed by atoms with E-state index in [9.17, 15) is 18.0 Å². The first-order valence-electron chi connectivity index (χ1n) is 10.7. The number of sulfonamides is 1. The summed E-state index contributed by atoms with van der Waals surface area (Å²) in [4.78, 5) is 29.5. The van der Waals surface area contributed by atoms with Crippen molar-refractivity contribution in [1.29, 1.82) is 0 Å². The number of anilines is 1. The normalized spacial score (nSPS) is 11.8. The summed E-state index contributed by atoms with van der Waals surface area (Å²) in [6, 6.07) is 4.38. The zero-order valence-corrected chi connectivity index (χ0v) is 19.9. The van der Waals surface area contributed by atoms with Crippen molar-refractivity contribution in [2.75, 3.05) is 25.0 Å². The molecular weight excluding hydrogens is 448 g/mol. The number of nitrogens with zero attached hydrogens (tertiary/aromatic N) is 5. The Morgan fingerprint density at radius 3 is 2.61 bits per heavy atom.